The van der Waals surface area contributed by atoms with Crippen LogP contribution in [-0.2, 0) is 0 Å². The summed E-state index contributed by atoms with van der Waals surface area (Å²) in [6, 6.07) is 5.18. The van der Waals surface area contributed by atoms with Crippen LogP contribution < -0.4 is 14.8 Å². The van der Waals surface area contributed by atoms with E-state index in [4.69, 9.17) is 9.47 Å². The summed E-state index contributed by atoms with van der Waals surface area (Å²) in [5.74, 6) is 1.27. The van der Waals surface area contributed by atoms with Gasteiger partial charge in [-0.05, 0) is 24.1 Å². The molecule has 0 radical (unpaired) electrons. The topological polar surface area (TPSA) is 33.7 Å². The van der Waals surface area contributed by atoms with Crippen LogP contribution in [0.5, 0.6) is 11.5 Å². The maximum Gasteiger partial charge on any atom is 0.389 e. The van der Waals surface area contributed by atoms with Gasteiger partial charge >= 0.3 is 6.18 Å². The fraction of sp³-hybridized carbons (Fsp3) is 0.600. The van der Waals surface area contributed by atoms with Gasteiger partial charge in [0.2, 0.25) is 6.79 Å². The number of alkyl halides is 3. The van der Waals surface area contributed by atoms with Gasteiger partial charge in [0.15, 0.2) is 11.5 Å². The van der Waals surface area contributed by atoms with Crippen LogP contribution in [0.15, 0.2) is 18.2 Å². The third-order valence-electron chi connectivity index (χ3n) is 4.08. The molecule has 2 aliphatic heterocycles. The molecular formula is C15H21Cl2F3N2O2. The zero-order valence-electron chi connectivity index (χ0n) is 13.0. The summed E-state index contributed by atoms with van der Waals surface area (Å²) in [7, 11) is 0. The van der Waals surface area contributed by atoms with Crippen molar-refractivity contribution in [3.63, 3.8) is 0 Å². The van der Waals surface area contributed by atoms with Crippen molar-refractivity contribution < 1.29 is 22.6 Å². The Balaban J connectivity index is 0.00000144. The van der Waals surface area contributed by atoms with Gasteiger partial charge in [0.25, 0.3) is 0 Å². The van der Waals surface area contributed by atoms with Crippen molar-refractivity contribution in [1.29, 1.82) is 0 Å². The molecule has 2 aliphatic rings. The Hall–Kier alpha value is -0.890. The van der Waals surface area contributed by atoms with Crippen LogP contribution in [0.4, 0.5) is 13.2 Å². The second-order valence-electron chi connectivity index (χ2n) is 5.57. The molecule has 9 heteroatoms. The van der Waals surface area contributed by atoms with Gasteiger partial charge in [-0.2, -0.15) is 13.2 Å². The van der Waals surface area contributed by atoms with Gasteiger partial charge in [-0.25, -0.2) is 0 Å². The summed E-state index contributed by atoms with van der Waals surface area (Å²) in [6.07, 6.45) is -4.86. The molecule has 4 nitrogen and oxygen atoms in total. The summed E-state index contributed by atoms with van der Waals surface area (Å²) in [5, 5.41) is 3.23. The van der Waals surface area contributed by atoms with E-state index < -0.39 is 12.6 Å². The lowest BCUT2D eigenvalue weighted by atomic mass is 9.98. The van der Waals surface area contributed by atoms with Gasteiger partial charge in [0.05, 0.1) is 0 Å². The van der Waals surface area contributed by atoms with Gasteiger partial charge in [0, 0.05) is 38.6 Å². The molecule has 0 saturated carbocycles. The average molecular weight is 389 g/mol. The molecule has 0 spiro atoms. The second-order valence-corrected chi connectivity index (χ2v) is 5.57. The van der Waals surface area contributed by atoms with Crippen LogP contribution in [0.2, 0.25) is 0 Å². The molecule has 0 amide bonds. The highest BCUT2D eigenvalue weighted by molar-refractivity contribution is 5.85. The summed E-state index contributed by atoms with van der Waals surface area (Å²) in [6.45, 7) is 3.26. The maximum absolute atomic E-state index is 12.6. The Bertz CT molecular complexity index is 526. The molecule has 138 valence electrons. The lowest BCUT2D eigenvalue weighted by Gasteiger charge is -2.35. The van der Waals surface area contributed by atoms with E-state index in [0.717, 1.165) is 31.7 Å². The van der Waals surface area contributed by atoms with E-state index in [0.29, 0.717) is 11.5 Å². The Morgan fingerprint density at radius 1 is 1.08 bits per heavy atom. The quantitative estimate of drug-likeness (QED) is 0.854. The number of nitrogens with zero attached hydrogens (tertiary/aromatic N) is 1. The van der Waals surface area contributed by atoms with E-state index >= 15 is 0 Å². The number of halogens is 5. The van der Waals surface area contributed by atoms with E-state index in [1.807, 2.05) is 12.1 Å². The minimum atomic E-state index is -4.14. The molecule has 0 aromatic heterocycles. The maximum atomic E-state index is 12.6. The molecule has 0 unspecified atom stereocenters. The number of hydrogen-bond donors (Lipinski definition) is 1. The fourth-order valence-corrected chi connectivity index (χ4v) is 2.97. The zero-order chi connectivity index (χ0) is 15.6. The van der Waals surface area contributed by atoms with Gasteiger partial charge < -0.3 is 14.8 Å². The number of benzene rings is 1. The third kappa shape index (κ3) is 5.31. The molecule has 24 heavy (non-hydrogen) atoms. The van der Waals surface area contributed by atoms with Crippen molar-refractivity contribution in [2.24, 2.45) is 0 Å². The van der Waals surface area contributed by atoms with E-state index in [-0.39, 0.29) is 44.1 Å². The third-order valence-corrected chi connectivity index (χ3v) is 4.08. The molecule has 2 heterocycles. The highest BCUT2D eigenvalue weighted by atomic mass is 35.5. The van der Waals surface area contributed by atoms with E-state index in [1.54, 1.807) is 6.07 Å². The average Bonchev–Trinajstić information content (AvgIpc) is 2.95. The van der Waals surface area contributed by atoms with Crippen LogP contribution in [0.1, 0.15) is 24.4 Å². The predicted molar refractivity (Wildman–Crippen MR) is 89.5 cm³/mol. The normalized spacial score (nSPS) is 18.5. The van der Waals surface area contributed by atoms with E-state index in [2.05, 4.69) is 10.2 Å². The van der Waals surface area contributed by atoms with Crippen LogP contribution in [-0.4, -0.2) is 44.0 Å². The first kappa shape index (κ1) is 21.2. The van der Waals surface area contributed by atoms with Crippen LogP contribution in [0.3, 0.4) is 0 Å². The molecule has 1 saturated heterocycles. The zero-order valence-corrected chi connectivity index (χ0v) is 14.6. The molecule has 1 aromatic carbocycles. The highest BCUT2D eigenvalue weighted by Gasteiger charge is 2.31. The Labute approximate surface area is 151 Å². The molecule has 1 fully saturated rings. The van der Waals surface area contributed by atoms with E-state index in [9.17, 15) is 13.2 Å². The highest BCUT2D eigenvalue weighted by Crippen LogP contribution is 2.38. The number of nitrogens with one attached hydrogen (secondary N) is 1. The van der Waals surface area contributed by atoms with Gasteiger partial charge in [0.1, 0.15) is 0 Å². The van der Waals surface area contributed by atoms with Crippen LogP contribution >= 0.6 is 24.8 Å². The smallest absolute Gasteiger partial charge is 0.389 e. The van der Waals surface area contributed by atoms with Crippen molar-refractivity contribution >= 4 is 24.8 Å². The van der Waals surface area contributed by atoms with Gasteiger partial charge in [-0.15, -0.1) is 24.8 Å². The Kier molecular flexibility index (Phi) is 7.92. The number of ether oxygens (including phenoxy) is 2. The van der Waals surface area contributed by atoms with Gasteiger partial charge in [-0.3, -0.25) is 4.90 Å². The van der Waals surface area contributed by atoms with Crippen molar-refractivity contribution in [2.45, 2.75) is 25.1 Å². The minimum Gasteiger partial charge on any atom is -0.454 e. The molecule has 3 rings (SSSR count). The monoisotopic (exact) mass is 388 g/mol. The molecule has 1 aromatic rings. The second kappa shape index (κ2) is 8.99. The molecule has 1 N–H and O–H groups in total. The summed E-state index contributed by atoms with van der Waals surface area (Å²) in [5.41, 5.74) is 0.857. The van der Waals surface area contributed by atoms with Crippen molar-refractivity contribution in [3.8, 4) is 11.5 Å². The number of fused-ring (bicyclic) bond motifs is 1. The molecular weight excluding hydrogens is 368 g/mol. The van der Waals surface area contributed by atoms with Crippen molar-refractivity contribution in [1.82, 2.24) is 10.2 Å². The standard InChI is InChI=1S/C15H19F3N2O2.2ClH/c16-15(17,18)4-3-12(20-7-5-19-6-8-20)11-1-2-13-14(9-11)22-10-21-13;;/h1-2,9,12,19H,3-8,10H2;2*1H/t12-;;/m0../s1. The SMILES string of the molecule is Cl.Cl.FC(F)(F)CC[C@@H](c1ccc2c(c1)OCO2)N1CCNCC1. The molecule has 0 aliphatic carbocycles. The minimum absolute atomic E-state index is 0. The number of hydrogen-bond acceptors (Lipinski definition) is 4. The van der Waals surface area contributed by atoms with E-state index in [1.165, 1.54) is 0 Å². The van der Waals surface area contributed by atoms with Gasteiger partial charge in [-0.1, -0.05) is 6.07 Å². The van der Waals surface area contributed by atoms with Crippen LogP contribution in [0.25, 0.3) is 0 Å². The number of piperazine rings is 1. The summed E-state index contributed by atoms with van der Waals surface area (Å²) in [4.78, 5) is 2.11. The first-order chi connectivity index (χ1) is 10.5. The number of rotatable bonds is 4. The molecule has 1 atom stereocenters. The largest absolute Gasteiger partial charge is 0.454 e. The van der Waals surface area contributed by atoms with Crippen molar-refractivity contribution in [3.05, 3.63) is 23.8 Å². The lowest BCUT2D eigenvalue weighted by molar-refractivity contribution is -0.138. The first-order valence-corrected chi connectivity index (χ1v) is 7.44. The predicted octanol–water partition coefficient (Wildman–Crippen LogP) is 3.55. The van der Waals surface area contributed by atoms with Crippen molar-refractivity contribution in [2.75, 3.05) is 33.0 Å². The molecule has 0 bridgehead atoms. The summed E-state index contributed by atoms with van der Waals surface area (Å²) < 4.78 is 48.5. The Morgan fingerprint density at radius 2 is 1.75 bits per heavy atom. The Morgan fingerprint density at radius 3 is 2.42 bits per heavy atom. The summed E-state index contributed by atoms with van der Waals surface area (Å²) >= 11 is 0. The fourth-order valence-electron chi connectivity index (χ4n) is 2.97. The van der Waals surface area contributed by atoms with Crippen LogP contribution in [0, 0.1) is 0 Å². The lowest BCUT2D eigenvalue weighted by Crippen LogP contribution is -2.45. The first-order valence-electron chi connectivity index (χ1n) is 7.44.